The molecule has 132 valence electrons. The van der Waals surface area contributed by atoms with Crippen LogP contribution in [0.5, 0.6) is 11.5 Å². The van der Waals surface area contributed by atoms with Crippen LogP contribution in [0.2, 0.25) is 0 Å². The molecule has 2 aliphatic rings. The molecule has 3 rings (SSSR count). The van der Waals surface area contributed by atoms with Crippen molar-refractivity contribution < 1.29 is 23.0 Å². The smallest absolute Gasteiger partial charge is 0.314 e. The second-order valence-corrected chi connectivity index (χ2v) is 6.95. The Morgan fingerprint density at radius 3 is 2.46 bits per heavy atom. The third-order valence-corrected chi connectivity index (χ3v) is 5.76. The highest BCUT2D eigenvalue weighted by Crippen LogP contribution is 2.52. The van der Waals surface area contributed by atoms with E-state index >= 15 is 0 Å². The minimum absolute atomic E-state index is 0.193. The van der Waals surface area contributed by atoms with E-state index in [4.69, 9.17) is 9.47 Å². The Labute approximate surface area is 141 Å². The van der Waals surface area contributed by atoms with Gasteiger partial charge in [0.05, 0.1) is 13.0 Å². The van der Waals surface area contributed by atoms with Crippen LogP contribution in [0.3, 0.4) is 0 Å². The van der Waals surface area contributed by atoms with Crippen LogP contribution in [-0.4, -0.2) is 13.1 Å². The number of ether oxygens (including phenoxy) is 2. The number of benzene rings is 1. The standard InChI is InChI=1S/C19H24F2O3/c1-3-4-11-5-6-13-12(11)7-8-14(13)19(22)24-16-10-9-15(23-2)17(20)18(16)21/h9-14H,3-8H2,1-2H3. The Bertz CT molecular complexity index is 617. The van der Waals surface area contributed by atoms with Crippen molar-refractivity contribution in [2.75, 3.05) is 7.11 Å². The van der Waals surface area contributed by atoms with Gasteiger partial charge in [0.2, 0.25) is 11.6 Å². The second-order valence-electron chi connectivity index (χ2n) is 6.95. The highest BCUT2D eigenvalue weighted by atomic mass is 19.2. The van der Waals surface area contributed by atoms with Gasteiger partial charge in [-0.05, 0) is 55.6 Å². The fourth-order valence-electron chi connectivity index (χ4n) is 4.68. The van der Waals surface area contributed by atoms with Crippen molar-refractivity contribution in [1.82, 2.24) is 0 Å². The van der Waals surface area contributed by atoms with Crippen molar-refractivity contribution in [2.45, 2.75) is 45.4 Å². The van der Waals surface area contributed by atoms with Crippen molar-refractivity contribution >= 4 is 5.97 Å². The van der Waals surface area contributed by atoms with Crippen LogP contribution in [0.25, 0.3) is 0 Å². The molecule has 0 N–H and O–H groups in total. The molecule has 2 saturated carbocycles. The minimum atomic E-state index is -1.17. The molecular weight excluding hydrogens is 314 g/mol. The average molecular weight is 338 g/mol. The molecule has 5 heteroatoms. The highest BCUT2D eigenvalue weighted by Gasteiger charge is 2.47. The number of hydrogen-bond acceptors (Lipinski definition) is 3. The first-order chi connectivity index (χ1) is 11.6. The van der Waals surface area contributed by atoms with Gasteiger partial charge in [0.1, 0.15) is 0 Å². The van der Waals surface area contributed by atoms with Crippen molar-refractivity contribution in [3.8, 4) is 11.5 Å². The maximum absolute atomic E-state index is 14.0. The van der Waals surface area contributed by atoms with Crippen LogP contribution in [0.1, 0.15) is 45.4 Å². The molecule has 0 aliphatic heterocycles. The largest absolute Gasteiger partial charge is 0.494 e. The summed E-state index contributed by atoms with van der Waals surface area (Å²) in [6.07, 6.45) is 6.40. The Morgan fingerprint density at radius 1 is 1.08 bits per heavy atom. The molecule has 1 aromatic carbocycles. The highest BCUT2D eigenvalue weighted by molar-refractivity contribution is 5.76. The molecule has 2 fully saturated rings. The summed E-state index contributed by atoms with van der Waals surface area (Å²) in [5.41, 5.74) is 0. The molecule has 4 atom stereocenters. The summed E-state index contributed by atoms with van der Waals surface area (Å²) >= 11 is 0. The van der Waals surface area contributed by atoms with Gasteiger partial charge in [-0.25, -0.2) is 0 Å². The van der Waals surface area contributed by atoms with E-state index in [0.717, 1.165) is 19.3 Å². The van der Waals surface area contributed by atoms with Crippen LogP contribution >= 0.6 is 0 Å². The molecule has 3 nitrogen and oxygen atoms in total. The number of methoxy groups -OCH3 is 1. The molecule has 2 aliphatic carbocycles. The van der Waals surface area contributed by atoms with Crippen LogP contribution < -0.4 is 9.47 Å². The summed E-state index contributed by atoms with van der Waals surface area (Å²) < 4.78 is 37.7. The predicted molar refractivity (Wildman–Crippen MR) is 85.9 cm³/mol. The number of rotatable bonds is 5. The first kappa shape index (κ1) is 17.2. The fraction of sp³-hybridized carbons (Fsp3) is 0.632. The zero-order valence-corrected chi connectivity index (χ0v) is 14.2. The van der Waals surface area contributed by atoms with Crippen molar-refractivity contribution in [3.05, 3.63) is 23.8 Å². The van der Waals surface area contributed by atoms with Crippen molar-refractivity contribution in [2.24, 2.45) is 23.7 Å². The molecule has 0 spiro atoms. The lowest BCUT2D eigenvalue weighted by Crippen LogP contribution is -2.25. The minimum Gasteiger partial charge on any atom is -0.494 e. The van der Waals surface area contributed by atoms with E-state index in [0.29, 0.717) is 17.8 Å². The summed E-state index contributed by atoms with van der Waals surface area (Å²) in [5, 5.41) is 0. The van der Waals surface area contributed by atoms with Gasteiger partial charge in [0.15, 0.2) is 11.5 Å². The van der Waals surface area contributed by atoms with Gasteiger partial charge in [0.25, 0.3) is 0 Å². The third kappa shape index (κ3) is 3.01. The zero-order valence-electron chi connectivity index (χ0n) is 14.2. The summed E-state index contributed by atoms with van der Waals surface area (Å²) in [4.78, 5) is 12.5. The second kappa shape index (κ2) is 7.08. The lowest BCUT2D eigenvalue weighted by atomic mass is 9.87. The van der Waals surface area contributed by atoms with Crippen LogP contribution in [0.4, 0.5) is 8.78 Å². The lowest BCUT2D eigenvalue weighted by Gasteiger charge is -2.20. The molecule has 4 unspecified atom stereocenters. The Morgan fingerprint density at radius 2 is 1.75 bits per heavy atom. The fourth-order valence-corrected chi connectivity index (χ4v) is 4.68. The van der Waals surface area contributed by atoms with Crippen molar-refractivity contribution in [3.63, 3.8) is 0 Å². The number of carbonyl (C=O) groups excluding carboxylic acids is 1. The first-order valence-corrected chi connectivity index (χ1v) is 8.80. The normalized spacial score (nSPS) is 28.7. The van der Waals surface area contributed by atoms with Crippen LogP contribution in [0.15, 0.2) is 12.1 Å². The number of esters is 1. The van der Waals surface area contributed by atoms with Crippen LogP contribution in [-0.2, 0) is 4.79 Å². The van der Waals surface area contributed by atoms with E-state index in [-0.39, 0.29) is 17.4 Å². The molecule has 0 bridgehead atoms. The Hall–Kier alpha value is -1.65. The molecule has 0 saturated heterocycles. The first-order valence-electron chi connectivity index (χ1n) is 8.80. The summed E-state index contributed by atoms with van der Waals surface area (Å²) in [5.74, 6) is -1.86. The van der Waals surface area contributed by atoms with Crippen LogP contribution in [0, 0.1) is 35.3 Å². The zero-order chi connectivity index (χ0) is 17.3. The van der Waals surface area contributed by atoms with Gasteiger partial charge >= 0.3 is 5.97 Å². The quantitative estimate of drug-likeness (QED) is 0.575. The average Bonchev–Trinajstić information content (AvgIpc) is 3.15. The van der Waals surface area contributed by atoms with E-state index in [1.54, 1.807) is 0 Å². The van der Waals surface area contributed by atoms with E-state index in [1.807, 2.05) is 0 Å². The number of halogens is 2. The molecular formula is C19H24F2O3. The maximum Gasteiger partial charge on any atom is 0.314 e. The third-order valence-electron chi connectivity index (χ3n) is 5.76. The number of fused-ring (bicyclic) bond motifs is 1. The lowest BCUT2D eigenvalue weighted by molar-refractivity contribution is -0.140. The van der Waals surface area contributed by atoms with Crippen molar-refractivity contribution in [1.29, 1.82) is 0 Å². The van der Waals surface area contributed by atoms with Gasteiger partial charge in [-0.2, -0.15) is 8.78 Å². The van der Waals surface area contributed by atoms with Gasteiger partial charge in [0, 0.05) is 0 Å². The Kier molecular flexibility index (Phi) is 5.07. The molecule has 0 heterocycles. The maximum atomic E-state index is 14.0. The van der Waals surface area contributed by atoms with E-state index in [9.17, 15) is 13.6 Å². The van der Waals surface area contributed by atoms with Gasteiger partial charge in [-0.15, -0.1) is 0 Å². The molecule has 0 aromatic heterocycles. The SMILES string of the molecule is CCCC1CCC2C(C(=O)Oc3ccc(OC)c(F)c3F)CCC12. The van der Waals surface area contributed by atoms with E-state index in [1.165, 1.54) is 38.5 Å². The van der Waals surface area contributed by atoms with Gasteiger partial charge < -0.3 is 9.47 Å². The molecule has 0 amide bonds. The predicted octanol–water partition coefficient (Wildman–Crippen LogP) is 4.73. The molecule has 1 aromatic rings. The summed E-state index contributed by atoms with van der Waals surface area (Å²) in [6, 6.07) is 2.52. The topological polar surface area (TPSA) is 35.5 Å². The molecule has 24 heavy (non-hydrogen) atoms. The van der Waals surface area contributed by atoms with E-state index < -0.39 is 17.6 Å². The Balaban J connectivity index is 1.69. The monoisotopic (exact) mass is 338 g/mol. The summed E-state index contributed by atoms with van der Waals surface area (Å²) in [6.45, 7) is 2.19. The summed E-state index contributed by atoms with van der Waals surface area (Å²) in [7, 11) is 1.26. The number of hydrogen-bond donors (Lipinski definition) is 0. The van der Waals surface area contributed by atoms with E-state index in [2.05, 4.69) is 6.92 Å². The van der Waals surface area contributed by atoms with Gasteiger partial charge in [-0.1, -0.05) is 19.8 Å². The molecule has 0 radical (unpaired) electrons. The number of carbonyl (C=O) groups is 1. The van der Waals surface area contributed by atoms with Gasteiger partial charge in [-0.3, -0.25) is 4.79 Å².